The number of rotatable bonds is 6. The van der Waals surface area contributed by atoms with E-state index in [0.29, 0.717) is 24.4 Å². The molecule has 0 spiro atoms. The van der Waals surface area contributed by atoms with E-state index in [9.17, 15) is 4.79 Å². The minimum Gasteiger partial charge on any atom is -0.493 e. The van der Waals surface area contributed by atoms with Crippen LogP contribution < -0.4 is 4.74 Å². The average Bonchev–Trinajstić information content (AvgIpc) is 2.75. The number of benzene rings is 1. The van der Waals surface area contributed by atoms with Crippen LogP contribution in [0.4, 0.5) is 0 Å². The zero-order valence-corrected chi connectivity index (χ0v) is 9.26. The Balaban J connectivity index is 1.80. The van der Waals surface area contributed by atoms with E-state index in [1.165, 1.54) is 6.39 Å². The summed E-state index contributed by atoms with van der Waals surface area (Å²) in [6, 6.07) is 5.42. The number of fused-ring (bicyclic) bond motifs is 1. The highest BCUT2D eigenvalue weighted by Gasteiger charge is 2.01. The summed E-state index contributed by atoms with van der Waals surface area (Å²) in [6.45, 7) is 0.507. The van der Waals surface area contributed by atoms with Crippen LogP contribution in [0.1, 0.15) is 19.3 Å². The molecule has 0 saturated heterocycles. The van der Waals surface area contributed by atoms with Crippen molar-refractivity contribution in [1.82, 2.24) is 4.98 Å². The number of carboxylic acids is 1. The number of carboxylic acid groups (broad SMARTS) is 1. The molecule has 90 valence electrons. The van der Waals surface area contributed by atoms with Crippen molar-refractivity contribution in [2.75, 3.05) is 6.61 Å². The fraction of sp³-hybridized carbons (Fsp3) is 0.333. The SMILES string of the molecule is O=C(O)CCCCOc1ccc2ncoc2c1. The molecule has 1 N–H and O–H groups in total. The van der Waals surface area contributed by atoms with Gasteiger partial charge in [0, 0.05) is 12.5 Å². The van der Waals surface area contributed by atoms with Gasteiger partial charge in [-0.2, -0.15) is 0 Å². The molecule has 0 aliphatic heterocycles. The number of hydrogen-bond donors (Lipinski definition) is 1. The molecule has 0 aliphatic rings. The number of hydrogen-bond acceptors (Lipinski definition) is 4. The molecule has 0 aliphatic carbocycles. The van der Waals surface area contributed by atoms with Crippen LogP contribution in [-0.4, -0.2) is 22.7 Å². The van der Waals surface area contributed by atoms with Gasteiger partial charge in [0.2, 0.25) is 0 Å². The number of oxazole rings is 1. The van der Waals surface area contributed by atoms with Crippen LogP contribution in [0.5, 0.6) is 5.75 Å². The largest absolute Gasteiger partial charge is 0.493 e. The third kappa shape index (κ3) is 3.21. The molecule has 0 saturated carbocycles. The number of unbranched alkanes of at least 4 members (excludes halogenated alkanes) is 1. The lowest BCUT2D eigenvalue weighted by molar-refractivity contribution is -0.137. The van der Waals surface area contributed by atoms with Crippen LogP contribution in [0.25, 0.3) is 11.1 Å². The van der Waals surface area contributed by atoms with Gasteiger partial charge in [0.15, 0.2) is 12.0 Å². The lowest BCUT2D eigenvalue weighted by Gasteiger charge is -2.04. The predicted octanol–water partition coefficient (Wildman–Crippen LogP) is 2.46. The van der Waals surface area contributed by atoms with Gasteiger partial charge in [-0.3, -0.25) is 4.79 Å². The van der Waals surface area contributed by atoms with Crippen LogP contribution in [0.3, 0.4) is 0 Å². The monoisotopic (exact) mass is 235 g/mol. The molecule has 1 aromatic carbocycles. The number of nitrogens with zero attached hydrogens (tertiary/aromatic N) is 1. The van der Waals surface area contributed by atoms with E-state index in [1.54, 1.807) is 6.07 Å². The van der Waals surface area contributed by atoms with Crippen molar-refractivity contribution in [1.29, 1.82) is 0 Å². The van der Waals surface area contributed by atoms with Crippen molar-refractivity contribution in [3.05, 3.63) is 24.6 Å². The Kier molecular flexibility index (Phi) is 3.59. The Morgan fingerprint density at radius 3 is 3.12 bits per heavy atom. The lowest BCUT2D eigenvalue weighted by atomic mass is 10.2. The van der Waals surface area contributed by atoms with E-state index < -0.39 is 5.97 Å². The van der Waals surface area contributed by atoms with Crippen molar-refractivity contribution in [3.8, 4) is 5.75 Å². The first kappa shape index (κ1) is 11.4. The molecule has 2 rings (SSSR count). The zero-order valence-electron chi connectivity index (χ0n) is 9.26. The molecule has 1 aromatic heterocycles. The van der Waals surface area contributed by atoms with Gasteiger partial charge in [-0.1, -0.05) is 0 Å². The van der Waals surface area contributed by atoms with Crippen molar-refractivity contribution in [2.24, 2.45) is 0 Å². The fourth-order valence-corrected chi connectivity index (χ4v) is 1.49. The van der Waals surface area contributed by atoms with Crippen molar-refractivity contribution < 1.29 is 19.1 Å². The molecule has 1 heterocycles. The first-order valence-corrected chi connectivity index (χ1v) is 5.43. The van der Waals surface area contributed by atoms with Gasteiger partial charge < -0.3 is 14.3 Å². The maximum atomic E-state index is 10.3. The van der Waals surface area contributed by atoms with Gasteiger partial charge in [-0.05, 0) is 25.0 Å². The lowest BCUT2D eigenvalue weighted by Crippen LogP contribution is -2.00. The maximum absolute atomic E-state index is 10.3. The minimum absolute atomic E-state index is 0.185. The molecule has 2 aromatic rings. The molecule has 0 amide bonds. The minimum atomic E-state index is -0.770. The van der Waals surface area contributed by atoms with E-state index in [1.807, 2.05) is 12.1 Å². The molecule has 0 unspecified atom stereocenters. The number of aliphatic carboxylic acids is 1. The van der Waals surface area contributed by atoms with E-state index in [0.717, 1.165) is 11.9 Å². The fourth-order valence-electron chi connectivity index (χ4n) is 1.49. The topological polar surface area (TPSA) is 72.6 Å². The van der Waals surface area contributed by atoms with Crippen LogP contribution >= 0.6 is 0 Å². The third-order valence-corrected chi connectivity index (χ3v) is 2.36. The summed E-state index contributed by atoms with van der Waals surface area (Å²) in [4.78, 5) is 14.3. The number of carbonyl (C=O) groups is 1. The van der Waals surface area contributed by atoms with Gasteiger partial charge in [-0.15, -0.1) is 0 Å². The van der Waals surface area contributed by atoms with Crippen LogP contribution in [0.2, 0.25) is 0 Å². The molecular formula is C12H13NO4. The summed E-state index contributed by atoms with van der Waals surface area (Å²) in [5, 5.41) is 8.46. The maximum Gasteiger partial charge on any atom is 0.303 e. The molecule has 0 bridgehead atoms. The normalized spacial score (nSPS) is 10.6. The van der Waals surface area contributed by atoms with Gasteiger partial charge >= 0.3 is 5.97 Å². The summed E-state index contributed by atoms with van der Waals surface area (Å²) in [6.07, 6.45) is 2.92. The van der Waals surface area contributed by atoms with Crippen molar-refractivity contribution in [2.45, 2.75) is 19.3 Å². The van der Waals surface area contributed by atoms with Gasteiger partial charge in [-0.25, -0.2) is 4.98 Å². The smallest absolute Gasteiger partial charge is 0.303 e. The summed E-state index contributed by atoms with van der Waals surface area (Å²) in [5.74, 6) is -0.0577. The van der Waals surface area contributed by atoms with E-state index >= 15 is 0 Å². The molecule has 5 nitrogen and oxygen atoms in total. The highest BCUT2D eigenvalue weighted by molar-refractivity contribution is 5.73. The van der Waals surface area contributed by atoms with E-state index in [-0.39, 0.29) is 6.42 Å². The third-order valence-electron chi connectivity index (χ3n) is 2.36. The molecule has 0 radical (unpaired) electrons. The Hall–Kier alpha value is -2.04. The van der Waals surface area contributed by atoms with Crippen molar-refractivity contribution in [3.63, 3.8) is 0 Å². The second-order valence-electron chi connectivity index (χ2n) is 3.68. The summed E-state index contributed by atoms with van der Waals surface area (Å²) in [7, 11) is 0. The Morgan fingerprint density at radius 2 is 2.29 bits per heavy atom. The summed E-state index contributed by atoms with van der Waals surface area (Å²) in [5.41, 5.74) is 1.48. The Morgan fingerprint density at radius 1 is 1.41 bits per heavy atom. The van der Waals surface area contributed by atoms with Crippen molar-refractivity contribution >= 4 is 17.1 Å². The quantitative estimate of drug-likeness (QED) is 0.778. The summed E-state index contributed by atoms with van der Waals surface area (Å²) >= 11 is 0. The van der Waals surface area contributed by atoms with Gasteiger partial charge in [0.1, 0.15) is 11.3 Å². The second-order valence-corrected chi connectivity index (χ2v) is 3.68. The summed E-state index contributed by atoms with van der Waals surface area (Å²) < 4.78 is 10.6. The first-order chi connectivity index (χ1) is 8.25. The van der Waals surface area contributed by atoms with Crippen LogP contribution in [-0.2, 0) is 4.79 Å². The Bertz CT molecular complexity index is 506. The second kappa shape index (κ2) is 5.34. The zero-order chi connectivity index (χ0) is 12.1. The predicted molar refractivity (Wildman–Crippen MR) is 61.0 cm³/mol. The molecule has 17 heavy (non-hydrogen) atoms. The Labute approximate surface area is 98.0 Å². The average molecular weight is 235 g/mol. The molecule has 5 heteroatoms. The van der Waals surface area contributed by atoms with E-state index in [2.05, 4.69) is 4.98 Å². The standard InChI is InChI=1S/C12H13NO4/c14-12(15)3-1-2-6-16-9-4-5-10-11(7-9)17-8-13-10/h4-5,7-8H,1-3,6H2,(H,14,15). The van der Waals surface area contributed by atoms with Gasteiger partial charge in [0.25, 0.3) is 0 Å². The highest BCUT2D eigenvalue weighted by Crippen LogP contribution is 2.19. The number of ether oxygens (including phenoxy) is 1. The van der Waals surface area contributed by atoms with Crippen LogP contribution in [0.15, 0.2) is 29.0 Å². The van der Waals surface area contributed by atoms with Gasteiger partial charge in [0.05, 0.1) is 6.61 Å². The van der Waals surface area contributed by atoms with E-state index in [4.69, 9.17) is 14.3 Å². The molecule has 0 atom stereocenters. The highest BCUT2D eigenvalue weighted by atomic mass is 16.5. The van der Waals surface area contributed by atoms with Crippen LogP contribution in [0, 0.1) is 0 Å². The first-order valence-electron chi connectivity index (χ1n) is 5.43. The molecular weight excluding hydrogens is 222 g/mol. The number of aromatic nitrogens is 1. The molecule has 0 fully saturated rings.